The van der Waals surface area contributed by atoms with Gasteiger partial charge in [0.2, 0.25) is 5.91 Å². The molecular weight excluding hydrogens is 529 g/mol. The molecule has 7 nitrogen and oxygen atoms in total. The fourth-order valence-electron chi connectivity index (χ4n) is 4.09. The van der Waals surface area contributed by atoms with Crippen LogP contribution in [0.15, 0.2) is 58.3 Å². The van der Waals surface area contributed by atoms with Crippen LogP contribution in [0.3, 0.4) is 0 Å². The fourth-order valence-corrected chi connectivity index (χ4v) is 4.09. The number of aromatic nitrogens is 1. The van der Waals surface area contributed by atoms with E-state index in [0.717, 1.165) is 63.6 Å². The number of nitrogens with zero attached hydrogens (tertiary/aromatic N) is 3. The summed E-state index contributed by atoms with van der Waals surface area (Å²) in [7, 11) is 1.76. The monoisotopic (exact) mass is 565 g/mol. The molecule has 0 radical (unpaired) electrons. The number of unbranched alkanes of at least 4 members (excludes halogenated alkanes) is 1. The molecule has 0 aliphatic carbocycles. The molecule has 1 amide bonds. The molecule has 1 saturated heterocycles. The summed E-state index contributed by atoms with van der Waals surface area (Å²) < 4.78 is 1.81. The van der Waals surface area contributed by atoms with Crippen molar-refractivity contribution in [2.75, 3.05) is 33.2 Å². The van der Waals surface area contributed by atoms with Gasteiger partial charge in [-0.15, -0.1) is 24.0 Å². The van der Waals surface area contributed by atoms with Crippen LogP contribution in [0, 0.1) is 12.8 Å². The van der Waals surface area contributed by atoms with Gasteiger partial charge in [-0.1, -0.05) is 36.4 Å². The SMILES string of the molecule is CN=C(NCCCCn1c(C)cccc1=O)NCC1CC(=O)N(CCc2ccccc2)C1.I. The number of nitrogens with one attached hydrogen (secondary N) is 2. The van der Waals surface area contributed by atoms with Gasteiger partial charge >= 0.3 is 0 Å². The zero-order valence-electron chi connectivity index (χ0n) is 19.6. The van der Waals surface area contributed by atoms with Crippen molar-refractivity contribution in [3.05, 3.63) is 70.1 Å². The summed E-state index contributed by atoms with van der Waals surface area (Å²) in [6.07, 6.45) is 3.34. The summed E-state index contributed by atoms with van der Waals surface area (Å²) in [6, 6.07) is 15.7. The van der Waals surface area contributed by atoms with Gasteiger partial charge in [0.25, 0.3) is 5.56 Å². The van der Waals surface area contributed by atoms with E-state index < -0.39 is 0 Å². The van der Waals surface area contributed by atoms with Crippen LogP contribution in [-0.4, -0.2) is 54.6 Å². The summed E-state index contributed by atoms with van der Waals surface area (Å²) >= 11 is 0. The number of aryl methyl sites for hydroxylation is 1. The first-order valence-corrected chi connectivity index (χ1v) is 11.5. The Morgan fingerprint density at radius 1 is 1.03 bits per heavy atom. The van der Waals surface area contributed by atoms with Crippen LogP contribution in [0.25, 0.3) is 0 Å². The topological polar surface area (TPSA) is 78.7 Å². The molecule has 2 N–H and O–H groups in total. The lowest BCUT2D eigenvalue weighted by molar-refractivity contribution is -0.127. The molecule has 1 fully saturated rings. The van der Waals surface area contributed by atoms with Gasteiger partial charge in [0.1, 0.15) is 0 Å². The van der Waals surface area contributed by atoms with E-state index in [4.69, 9.17) is 0 Å². The quantitative estimate of drug-likeness (QED) is 0.201. The van der Waals surface area contributed by atoms with Crippen molar-refractivity contribution in [2.45, 2.75) is 39.2 Å². The van der Waals surface area contributed by atoms with Crippen LogP contribution < -0.4 is 16.2 Å². The van der Waals surface area contributed by atoms with Gasteiger partial charge in [-0.2, -0.15) is 0 Å². The molecule has 3 rings (SSSR count). The summed E-state index contributed by atoms with van der Waals surface area (Å²) in [4.78, 5) is 30.5. The van der Waals surface area contributed by atoms with Crippen LogP contribution in [0.5, 0.6) is 0 Å². The summed E-state index contributed by atoms with van der Waals surface area (Å²) in [5.74, 6) is 1.29. The Labute approximate surface area is 213 Å². The summed E-state index contributed by atoms with van der Waals surface area (Å²) in [6.45, 7) is 5.76. The molecule has 1 aliphatic heterocycles. The number of amides is 1. The van der Waals surface area contributed by atoms with Crippen molar-refractivity contribution in [3.63, 3.8) is 0 Å². The fraction of sp³-hybridized carbons (Fsp3) is 0.480. The normalized spacial score (nSPS) is 15.9. The average molecular weight is 566 g/mol. The Morgan fingerprint density at radius 2 is 1.82 bits per heavy atom. The molecule has 0 saturated carbocycles. The van der Waals surface area contributed by atoms with Gasteiger partial charge in [-0.3, -0.25) is 14.6 Å². The Hall–Kier alpha value is -2.36. The van der Waals surface area contributed by atoms with E-state index in [-0.39, 0.29) is 35.4 Å². The Morgan fingerprint density at radius 3 is 2.55 bits per heavy atom. The lowest BCUT2D eigenvalue weighted by Gasteiger charge is -2.18. The van der Waals surface area contributed by atoms with E-state index in [2.05, 4.69) is 27.8 Å². The minimum absolute atomic E-state index is 0. The number of benzene rings is 1. The second kappa shape index (κ2) is 14.0. The highest BCUT2D eigenvalue weighted by atomic mass is 127. The highest BCUT2D eigenvalue weighted by Gasteiger charge is 2.29. The van der Waals surface area contributed by atoms with Crippen molar-refractivity contribution in [1.82, 2.24) is 20.1 Å². The van der Waals surface area contributed by atoms with Gasteiger partial charge in [-0.25, -0.2) is 0 Å². The van der Waals surface area contributed by atoms with Crippen LogP contribution in [-0.2, 0) is 17.8 Å². The van der Waals surface area contributed by atoms with Crippen LogP contribution >= 0.6 is 24.0 Å². The maximum Gasteiger partial charge on any atom is 0.250 e. The van der Waals surface area contributed by atoms with Crippen LogP contribution in [0.1, 0.15) is 30.5 Å². The molecule has 33 heavy (non-hydrogen) atoms. The number of pyridine rings is 1. The van der Waals surface area contributed by atoms with E-state index in [9.17, 15) is 9.59 Å². The second-order valence-corrected chi connectivity index (χ2v) is 8.39. The summed E-state index contributed by atoms with van der Waals surface area (Å²) in [5.41, 5.74) is 2.31. The molecule has 2 aromatic rings. The molecule has 1 aliphatic rings. The smallest absolute Gasteiger partial charge is 0.250 e. The molecule has 180 valence electrons. The molecule has 8 heteroatoms. The molecule has 1 aromatic heterocycles. The van der Waals surface area contributed by atoms with E-state index in [0.29, 0.717) is 12.3 Å². The van der Waals surface area contributed by atoms with E-state index in [1.54, 1.807) is 19.2 Å². The third kappa shape index (κ3) is 8.49. The Kier molecular flexibility index (Phi) is 11.4. The predicted molar refractivity (Wildman–Crippen MR) is 144 cm³/mol. The van der Waals surface area contributed by atoms with Crippen molar-refractivity contribution >= 4 is 35.8 Å². The number of aliphatic imine (C=N–C) groups is 1. The summed E-state index contributed by atoms with van der Waals surface area (Å²) in [5, 5.41) is 6.69. The number of halogens is 1. The highest BCUT2D eigenvalue weighted by molar-refractivity contribution is 14.0. The van der Waals surface area contributed by atoms with Gasteiger partial charge in [0, 0.05) is 63.9 Å². The number of hydrogen-bond donors (Lipinski definition) is 2. The number of hydrogen-bond acceptors (Lipinski definition) is 3. The van der Waals surface area contributed by atoms with Gasteiger partial charge < -0.3 is 20.1 Å². The maximum absolute atomic E-state index is 12.4. The molecule has 2 heterocycles. The number of carbonyl (C=O) groups excluding carboxylic acids is 1. The minimum Gasteiger partial charge on any atom is -0.356 e. The third-order valence-electron chi connectivity index (χ3n) is 5.96. The van der Waals surface area contributed by atoms with Gasteiger partial charge in [-0.05, 0) is 37.8 Å². The Balaban J connectivity index is 0.00000385. The maximum atomic E-state index is 12.4. The van der Waals surface area contributed by atoms with E-state index in [1.807, 2.05) is 40.7 Å². The molecule has 1 unspecified atom stereocenters. The number of likely N-dealkylation sites (tertiary alicyclic amines) is 1. The molecule has 1 aromatic carbocycles. The first-order valence-electron chi connectivity index (χ1n) is 11.5. The average Bonchev–Trinajstić information content (AvgIpc) is 3.16. The van der Waals surface area contributed by atoms with Crippen molar-refractivity contribution < 1.29 is 4.79 Å². The van der Waals surface area contributed by atoms with Gasteiger partial charge in [0.05, 0.1) is 0 Å². The minimum atomic E-state index is 0. The predicted octanol–water partition coefficient (Wildman–Crippen LogP) is 2.81. The first-order chi connectivity index (χ1) is 15.6. The van der Waals surface area contributed by atoms with Crippen molar-refractivity contribution in [1.29, 1.82) is 0 Å². The first kappa shape index (κ1) is 26.9. The zero-order chi connectivity index (χ0) is 22.8. The molecule has 1 atom stereocenters. The van der Waals surface area contributed by atoms with Crippen molar-refractivity contribution in [2.24, 2.45) is 10.9 Å². The van der Waals surface area contributed by atoms with Crippen molar-refractivity contribution in [3.8, 4) is 0 Å². The van der Waals surface area contributed by atoms with Crippen LogP contribution in [0.4, 0.5) is 0 Å². The molecular formula is C25H36IN5O2. The highest BCUT2D eigenvalue weighted by Crippen LogP contribution is 2.17. The molecule has 0 spiro atoms. The van der Waals surface area contributed by atoms with E-state index >= 15 is 0 Å². The van der Waals surface area contributed by atoms with Crippen LogP contribution in [0.2, 0.25) is 0 Å². The number of carbonyl (C=O) groups is 1. The third-order valence-corrected chi connectivity index (χ3v) is 5.96. The van der Waals surface area contributed by atoms with E-state index in [1.165, 1.54) is 5.56 Å². The largest absolute Gasteiger partial charge is 0.356 e. The zero-order valence-corrected chi connectivity index (χ0v) is 22.0. The molecule has 0 bridgehead atoms. The lowest BCUT2D eigenvalue weighted by Crippen LogP contribution is -2.40. The number of guanidine groups is 1. The number of rotatable bonds is 10. The lowest BCUT2D eigenvalue weighted by atomic mass is 10.1. The van der Waals surface area contributed by atoms with Gasteiger partial charge in [0.15, 0.2) is 5.96 Å². The Bertz CT molecular complexity index is 961. The standard InChI is InChI=1S/C25H35N5O2.HI/c1-20-9-8-12-23(31)30(20)15-7-6-14-27-25(26-2)28-18-22-17-24(32)29(19-22)16-13-21-10-4-3-5-11-21;/h3-5,8-12,22H,6-7,13-19H2,1-2H3,(H2,26,27,28);1H. The second-order valence-electron chi connectivity index (χ2n) is 8.39.